The van der Waals surface area contributed by atoms with E-state index in [9.17, 15) is 20.0 Å². The van der Waals surface area contributed by atoms with Crippen molar-refractivity contribution in [3.63, 3.8) is 0 Å². The van der Waals surface area contributed by atoms with Gasteiger partial charge in [-0.2, -0.15) is 5.10 Å². The molecule has 2 aromatic carbocycles. The Morgan fingerprint density at radius 2 is 2.00 bits per heavy atom. The Morgan fingerprint density at radius 3 is 2.61 bits per heavy atom. The molecule has 0 aliphatic heterocycles. The molecule has 23 heavy (non-hydrogen) atoms. The van der Waals surface area contributed by atoms with Crippen molar-refractivity contribution in [2.45, 2.75) is 0 Å². The highest BCUT2D eigenvalue weighted by molar-refractivity contribution is 9.10. The van der Waals surface area contributed by atoms with Crippen LogP contribution >= 0.6 is 27.5 Å². The summed E-state index contributed by atoms with van der Waals surface area (Å²) in [6.07, 6.45) is 1.11. The largest absolute Gasteiger partial charge is 0.506 e. The standard InChI is InChI=1S/C14H9BrClN3O4/c15-12-6-11(19(22)23)5-9(13(12)20)7-17-18-14(21)8-1-3-10(16)4-2-8/h1-7,20H,(H,18,21)/b17-7+. The summed E-state index contributed by atoms with van der Waals surface area (Å²) in [6.45, 7) is 0. The summed E-state index contributed by atoms with van der Waals surface area (Å²) < 4.78 is 0.150. The van der Waals surface area contributed by atoms with Crippen molar-refractivity contribution in [3.05, 3.63) is 67.1 Å². The van der Waals surface area contributed by atoms with E-state index in [0.717, 1.165) is 12.3 Å². The third kappa shape index (κ3) is 4.27. The van der Waals surface area contributed by atoms with Crippen molar-refractivity contribution in [1.82, 2.24) is 5.43 Å². The van der Waals surface area contributed by atoms with E-state index in [0.29, 0.717) is 10.6 Å². The van der Waals surface area contributed by atoms with Crippen molar-refractivity contribution < 1.29 is 14.8 Å². The van der Waals surface area contributed by atoms with E-state index in [1.54, 1.807) is 12.1 Å². The average molecular weight is 399 g/mol. The fourth-order valence-corrected chi connectivity index (χ4v) is 2.22. The van der Waals surface area contributed by atoms with E-state index in [-0.39, 0.29) is 21.5 Å². The molecule has 0 radical (unpaired) electrons. The molecule has 2 aromatic rings. The zero-order chi connectivity index (χ0) is 17.0. The molecule has 0 aliphatic rings. The zero-order valence-electron chi connectivity index (χ0n) is 11.4. The fourth-order valence-electron chi connectivity index (χ4n) is 1.64. The highest BCUT2D eigenvalue weighted by Gasteiger charge is 2.13. The van der Waals surface area contributed by atoms with E-state index in [2.05, 4.69) is 26.5 Å². The number of rotatable bonds is 4. The quantitative estimate of drug-likeness (QED) is 0.467. The normalized spacial score (nSPS) is 10.7. The molecule has 0 saturated carbocycles. The maximum absolute atomic E-state index is 11.8. The van der Waals surface area contributed by atoms with Gasteiger partial charge in [-0.1, -0.05) is 11.6 Å². The number of phenols is 1. The first-order valence-corrected chi connectivity index (χ1v) is 7.31. The minimum Gasteiger partial charge on any atom is -0.506 e. The highest BCUT2D eigenvalue weighted by atomic mass is 79.9. The fraction of sp³-hybridized carbons (Fsp3) is 0. The van der Waals surface area contributed by atoms with Gasteiger partial charge in [0.05, 0.1) is 15.6 Å². The number of amides is 1. The lowest BCUT2D eigenvalue weighted by Gasteiger charge is -2.03. The van der Waals surface area contributed by atoms with Gasteiger partial charge in [-0.3, -0.25) is 14.9 Å². The SMILES string of the molecule is O=C(N/N=C/c1cc([N+](=O)[O-])cc(Br)c1O)c1ccc(Cl)cc1. The van der Waals surface area contributed by atoms with Gasteiger partial charge in [-0.15, -0.1) is 0 Å². The summed E-state index contributed by atoms with van der Waals surface area (Å²) >= 11 is 8.74. The summed E-state index contributed by atoms with van der Waals surface area (Å²) in [7, 11) is 0. The molecule has 0 unspecified atom stereocenters. The number of carbonyl (C=O) groups excluding carboxylic acids is 1. The lowest BCUT2D eigenvalue weighted by molar-refractivity contribution is -0.385. The summed E-state index contributed by atoms with van der Waals surface area (Å²) in [6, 6.07) is 8.47. The van der Waals surface area contributed by atoms with Crippen LogP contribution in [0, 0.1) is 10.1 Å². The second-order valence-electron chi connectivity index (χ2n) is 4.33. The number of nitro benzene ring substituents is 1. The van der Waals surface area contributed by atoms with E-state index >= 15 is 0 Å². The Hall–Kier alpha value is -2.45. The van der Waals surface area contributed by atoms with Crippen LogP contribution < -0.4 is 5.43 Å². The number of hydrogen-bond donors (Lipinski definition) is 2. The Kier molecular flexibility index (Phi) is 5.30. The number of hydrazone groups is 1. The molecule has 0 heterocycles. The van der Waals surface area contributed by atoms with Gasteiger partial charge in [0.1, 0.15) is 5.75 Å². The van der Waals surface area contributed by atoms with Crippen LogP contribution in [0.5, 0.6) is 5.75 Å². The summed E-state index contributed by atoms with van der Waals surface area (Å²) in [5.41, 5.74) is 2.46. The molecule has 2 N–H and O–H groups in total. The maximum atomic E-state index is 11.8. The number of phenolic OH excluding ortho intramolecular Hbond substituents is 1. The van der Waals surface area contributed by atoms with Crippen molar-refractivity contribution >= 4 is 45.3 Å². The number of non-ortho nitro benzene ring substituents is 1. The molecule has 2 rings (SSSR count). The Morgan fingerprint density at radius 1 is 1.35 bits per heavy atom. The molecule has 0 fully saturated rings. The predicted molar refractivity (Wildman–Crippen MR) is 89.0 cm³/mol. The van der Waals surface area contributed by atoms with Gasteiger partial charge in [0, 0.05) is 28.3 Å². The van der Waals surface area contributed by atoms with Crippen molar-refractivity contribution in [2.24, 2.45) is 5.10 Å². The van der Waals surface area contributed by atoms with Crippen LogP contribution in [0.2, 0.25) is 5.02 Å². The van der Waals surface area contributed by atoms with Crippen LogP contribution in [0.1, 0.15) is 15.9 Å². The van der Waals surface area contributed by atoms with E-state index in [1.807, 2.05) is 0 Å². The number of benzene rings is 2. The number of aromatic hydroxyl groups is 1. The topological polar surface area (TPSA) is 105 Å². The van der Waals surface area contributed by atoms with E-state index < -0.39 is 10.8 Å². The van der Waals surface area contributed by atoms with Crippen LogP contribution in [0.4, 0.5) is 5.69 Å². The summed E-state index contributed by atoms with van der Waals surface area (Å²) in [4.78, 5) is 22.0. The molecule has 7 nitrogen and oxygen atoms in total. The van der Waals surface area contributed by atoms with Crippen molar-refractivity contribution in [3.8, 4) is 5.75 Å². The molecule has 118 valence electrons. The molecule has 0 atom stereocenters. The Labute approximate surface area is 143 Å². The van der Waals surface area contributed by atoms with Gasteiger partial charge in [0.2, 0.25) is 0 Å². The summed E-state index contributed by atoms with van der Waals surface area (Å²) in [5, 5.41) is 24.8. The molecule has 1 amide bonds. The molecule has 0 aromatic heterocycles. The van der Waals surface area contributed by atoms with Crippen LogP contribution in [-0.2, 0) is 0 Å². The molecular weight excluding hydrogens is 390 g/mol. The first-order chi connectivity index (χ1) is 10.9. The minimum absolute atomic E-state index is 0.0856. The predicted octanol–water partition coefficient (Wildman–Crippen LogP) is 3.48. The second-order valence-corrected chi connectivity index (χ2v) is 5.62. The molecule has 0 aliphatic carbocycles. The third-order valence-electron chi connectivity index (χ3n) is 2.76. The number of nitro groups is 1. The monoisotopic (exact) mass is 397 g/mol. The number of halogens is 2. The average Bonchev–Trinajstić information content (AvgIpc) is 2.51. The Bertz CT molecular complexity index is 793. The molecule has 0 bridgehead atoms. The minimum atomic E-state index is -0.603. The van der Waals surface area contributed by atoms with Gasteiger partial charge in [-0.25, -0.2) is 5.43 Å². The third-order valence-corrected chi connectivity index (χ3v) is 3.62. The number of nitrogens with zero attached hydrogens (tertiary/aromatic N) is 2. The Balaban J connectivity index is 2.15. The summed E-state index contributed by atoms with van der Waals surface area (Å²) in [5.74, 6) is -0.706. The van der Waals surface area contributed by atoms with E-state index in [4.69, 9.17) is 11.6 Å². The van der Waals surface area contributed by atoms with Gasteiger partial charge in [0.25, 0.3) is 11.6 Å². The first kappa shape index (κ1) is 16.9. The molecule has 0 spiro atoms. The number of hydrogen-bond acceptors (Lipinski definition) is 5. The van der Waals surface area contributed by atoms with Crippen LogP contribution in [0.25, 0.3) is 0 Å². The van der Waals surface area contributed by atoms with Crippen molar-refractivity contribution in [2.75, 3.05) is 0 Å². The first-order valence-electron chi connectivity index (χ1n) is 6.14. The van der Waals surface area contributed by atoms with Gasteiger partial charge in [-0.05, 0) is 40.2 Å². The number of carbonyl (C=O) groups is 1. The zero-order valence-corrected chi connectivity index (χ0v) is 13.7. The molecular formula is C14H9BrClN3O4. The number of nitrogens with one attached hydrogen (secondary N) is 1. The lowest BCUT2D eigenvalue weighted by atomic mass is 10.2. The smallest absolute Gasteiger partial charge is 0.271 e. The van der Waals surface area contributed by atoms with Crippen molar-refractivity contribution in [1.29, 1.82) is 0 Å². The van der Waals surface area contributed by atoms with Gasteiger partial charge >= 0.3 is 0 Å². The van der Waals surface area contributed by atoms with E-state index in [1.165, 1.54) is 18.2 Å². The maximum Gasteiger partial charge on any atom is 0.271 e. The van der Waals surface area contributed by atoms with Gasteiger partial charge in [0.15, 0.2) is 0 Å². The lowest BCUT2D eigenvalue weighted by Crippen LogP contribution is -2.17. The molecule has 0 saturated heterocycles. The highest BCUT2D eigenvalue weighted by Crippen LogP contribution is 2.31. The second kappa shape index (κ2) is 7.21. The van der Waals surface area contributed by atoms with Crippen LogP contribution in [-0.4, -0.2) is 22.2 Å². The van der Waals surface area contributed by atoms with Crippen LogP contribution in [0.15, 0.2) is 46.0 Å². The molecule has 9 heteroatoms. The van der Waals surface area contributed by atoms with Crippen LogP contribution in [0.3, 0.4) is 0 Å². The van der Waals surface area contributed by atoms with Gasteiger partial charge < -0.3 is 5.11 Å².